The highest BCUT2D eigenvalue weighted by atomic mass is 16.5. The molecule has 3 rings (SSSR count). The smallest absolute Gasteiger partial charge is 0.141 e. The van der Waals surface area contributed by atoms with Crippen molar-refractivity contribution >= 4 is 5.69 Å². The van der Waals surface area contributed by atoms with Crippen molar-refractivity contribution in [1.29, 1.82) is 0 Å². The lowest BCUT2D eigenvalue weighted by atomic mass is 10.1. The van der Waals surface area contributed by atoms with E-state index < -0.39 is 0 Å². The number of ether oxygens (including phenoxy) is 1. The first-order valence-corrected chi connectivity index (χ1v) is 7.23. The molecule has 20 heavy (non-hydrogen) atoms. The molecule has 2 aromatic rings. The molecule has 0 unspecified atom stereocenters. The highest BCUT2D eigenvalue weighted by Crippen LogP contribution is 2.40. The molecular weight excluding hydrogens is 246 g/mol. The molecule has 2 aromatic carbocycles. The average Bonchev–Trinajstić information content (AvgIpc) is 3.30. The summed E-state index contributed by atoms with van der Waals surface area (Å²) in [5.74, 6) is 1.71. The molecule has 0 atom stereocenters. The van der Waals surface area contributed by atoms with Gasteiger partial charge in [-0.05, 0) is 54.5 Å². The molecule has 0 aliphatic heterocycles. The Labute approximate surface area is 120 Å². The first-order valence-electron chi connectivity index (χ1n) is 7.23. The second-order valence-electron chi connectivity index (χ2n) is 5.58. The highest BCUT2D eigenvalue weighted by Gasteiger charge is 2.23. The summed E-state index contributed by atoms with van der Waals surface area (Å²) < 4.78 is 5.40. The Balaban J connectivity index is 1.72. The van der Waals surface area contributed by atoms with Crippen LogP contribution in [0.3, 0.4) is 0 Å². The van der Waals surface area contributed by atoms with Crippen molar-refractivity contribution in [2.24, 2.45) is 0 Å². The molecule has 0 spiro atoms. The molecule has 0 bridgehead atoms. The van der Waals surface area contributed by atoms with Crippen molar-refractivity contribution in [1.82, 2.24) is 0 Å². The molecule has 0 aromatic heterocycles. The van der Waals surface area contributed by atoms with Crippen molar-refractivity contribution in [2.75, 3.05) is 12.4 Å². The molecule has 0 saturated heterocycles. The van der Waals surface area contributed by atoms with Gasteiger partial charge in [0.05, 0.1) is 12.8 Å². The number of nitrogens with one attached hydrogen (secondary N) is 1. The Hall–Kier alpha value is -1.96. The van der Waals surface area contributed by atoms with Gasteiger partial charge in [-0.25, -0.2) is 0 Å². The van der Waals surface area contributed by atoms with Crippen LogP contribution in [-0.2, 0) is 6.54 Å². The van der Waals surface area contributed by atoms with E-state index in [9.17, 15) is 0 Å². The van der Waals surface area contributed by atoms with Gasteiger partial charge in [-0.1, -0.05) is 30.3 Å². The number of hydrogen-bond acceptors (Lipinski definition) is 2. The predicted molar refractivity (Wildman–Crippen MR) is 83.5 cm³/mol. The van der Waals surface area contributed by atoms with E-state index >= 15 is 0 Å². The van der Waals surface area contributed by atoms with Gasteiger partial charge < -0.3 is 10.1 Å². The summed E-state index contributed by atoms with van der Waals surface area (Å²) in [7, 11) is 1.71. The van der Waals surface area contributed by atoms with Crippen LogP contribution in [0.25, 0.3) is 0 Å². The van der Waals surface area contributed by atoms with Crippen LogP contribution in [0.4, 0.5) is 5.69 Å². The maximum atomic E-state index is 5.40. The number of hydrogen-bond donors (Lipinski definition) is 1. The first-order chi connectivity index (χ1) is 9.76. The van der Waals surface area contributed by atoms with Crippen LogP contribution < -0.4 is 10.1 Å². The van der Waals surface area contributed by atoms with E-state index in [0.717, 1.165) is 23.9 Å². The zero-order valence-corrected chi connectivity index (χ0v) is 12.1. The normalized spacial score (nSPS) is 14.1. The Kier molecular flexibility index (Phi) is 3.64. The molecule has 1 aliphatic carbocycles. The van der Waals surface area contributed by atoms with E-state index in [0.29, 0.717) is 0 Å². The van der Waals surface area contributed by atoms with Gasteiger partial charge in [0.1, 0.15) is 5.75 Å². The van der Waals surface area contributed by atoms with E-state index in [1.165, 1.54) is 29.5 Å². The Bertz CT molecular complexity index is 602. The lowest BCUT2D eigenvalue weighted by Gasteiger charge is -2.12. The highest BCUT2D eigenvalue weighted by molar-refractivity contribution is 5.58. The molecule has 104 valence electrons. The second-order valence-corrected chi connectivity index (χ2v) is 5.58. The summed E-state index contributed by atoms with van der Waals surface area (Å²) in [4.78, 5) is 0. The summed E-state index contributed by atoms with van der Waals surface area (Å²) in [5.41, 5.74) is 5.11. The van der Waals surface area contributed by atoms with E-state index in [2.05, 4.69) is 48.6 Å². The molecule has 0 radical (unpaired) electrons. The number of benzene rings is 2. The van der Waals surface area contributed by atoms with Crippen LogP contribution in [0, 0.1) is 6.92 Å². The van der Waals surface area contributed by atoms with Gasteiger partial charge in [0.25, 0.3) is 0 Å². The van der Waals surface area contributed by atoms with Crippen molar-refractivity contribution in [3.05, 3.63) is 59.2 Å². The fraction of sp³-hybridized carbons (Fsp3) is 0.333. The van der Waals surface area contributed by atoms with Crippen molar-refractivity contribution in [3.8, 4) is 5.75 Å². The van der Waals surface area contributed by atoms with Crippen LogP contribution in [-0.4, -0.2) is 7.11 Å². The number of rotatable bonds is 5. The minimum absolute atomic E-state index is 0.809. The van der Waals surface area contributed by atoms with Crippen molar-refractivity contribution < 1.29 is 4.74 Å². The fourth-order valence-electron chi connectivity index (χ4n) is 2.53. The maximum absolute atomic E-state index is 5.40. The third-order valence-corrected chi connectivity index (χ3v) is 3.84. The first kappa shape index (κ1) is 13.0. The van der Waals surface area contributed by atoms with Crippen LogP contribution in [0.5, 0.6) is 5.75 Å². The zero-order valence-electron chi connectivity index (χ0n) is 12.1. The Morgan fingerprint density at radius 3 is 2.75 bits per heavy atom. The van der Waals surface area contributed by atoms with Gasteiger partial charge in [0.2, 0.25) is 0 Å². The molecule has 0 amide bonds. The van der Waals surface area contributed by atoms with Crippen molar-refractivity contribution in [3.63, 3.8) is 0 Å². The average molecular weight is 267 g/mol. The third kappa shape index (κ3) is 2.96. The maximum Gasteiger partial charge on any atom is 0.141 e. The van der Waals surface area contributed by atoms with Gasteiger partial charge in [0.15, 0.2) is 0 Å². The molecular formula is C18H21NO. The summed E-state index contributed by atoms with van der Waals surface area (Å²) in [6, 6.07) is 15.1. The second kappa shape index (κ2) is 5.58. The molecule has 1 saturated carbocycles. The van der Waals surface area contributed by atoms with E-state index in [-0.39, 0.29) is 0 Å². The largest absolute Gasteiger partial charge is 0.495 e. The van der Waals surface area contributed by atoms with Gasteiger partial charge >= 0.3 is 0 Å². The van der Waals surface area contributed by atoms with Gasteiger partial charge in [-0.3, -0.25) is 0 Å². The van der Waals surface area contributed by atoms with E-state index in [4.69, 9.17) is 4.74 Å². The van der Waals surface area contributed by atoms with Crippen LogP contribution in [0.2, 0.25) is 0 Å². The molecule has 1 aliphatic rings. The summed E-state index contributed by atoms with van der Waals surface area (Å²) >= 11 is 0. The van der Waals surface area contributed by atoms with E-state index in [1.807, 2.05) is 6.07 Å². The van der Waals surface area contributed by atoms with Crippen LogP contribution in [0.15, 0.2) is 42.5 Å². The van der Waals surface area contributed by atoms with E-state index in [1.54, 1.807) is 7.11 Å². The minimum atomic E-state index is 0.809. The quantitative estimate of drug-likeness (QED) is 0.861. The fourth-order valence-corrected chi connectivity index (χ4v) is 2.53. The summed E-state index contributed by atoms with van der Waals surface area (Å²) in [5, 5.41) is 3.48. The topological polar surface area (TPSA) is 21.3 Å². The third-order valence-electron chi connectivity index (χ3n) is 3.84. The molecule has 1 N–H and O–H groups in total. The lowest BCUT2D eigenvalue weighted by molar-refractivity contribution is 0.416. The summed E-state index contributed by atoms with van der Waals surface area (Å²) in [6.07, 6.45) is 2.70. The lowest BCUT2D eigenvalue weighted by Crippen LogP contribution is -2.02. The monoisotopic (exact) mass is 267 g/mol. The predicted octanol–water partition coefficient (Wildman–Crippen LogP) is 4.49. The zero-order chi connectivity index (χ0) is 13.9. The van der Waals surface area contributed by atoms with Gasteiger partial charge in [-0.2, -0.15) is 0 Å². The molecule has 2 nitrogen and oxygen atoms in total. The Morgan fingerprint density at radius 2 is 2.00 bits per heavy atom. The molecule has 1 fully saturated rings. The number of methoxy groups -OCH3 is 1. The molecule has 2 heteroatoms. The van der Waals surface area contributed by atoms with Gasteiger partial charge in [0, 0.05) is 6.54 Å². The summed E-state index contributed by atoms with van der Waals surface area (Å²) in [6.45, 7) is 2.93. The SMILES string of the molecule is COc1ccc(C)cc1NCc1cccc(C2CC2)c1. The van der Waals surface area contributed by atoms with Crippen molar-refractivity contribution in [2.45, 2.75) is 32.2 Å². The van der Waals surface area contributed by atoms with Crippen LogP contribution >= 0.6 is 0 Å². The van der Waals surface area contributed by atoms with Gasteiger partial charge in [-0.15, -0.1) is 0 Å². The number of anilines is 1. The number of aryl methyl sites for hydroxylation is 1. The molecule has 0 heterocycles. The standard InChI is InChI=1S/C18H21NO/c1-13-6-9-18(20-2)17(10-13)19-12-14-4-3-5-16(11-14)15-7-8-15/h3-6,9-11,15,19H,7-8,12H2,1-2H3. The minimum Gasteiger partial charge on any atom is -0.495 e. The van der Waals surface area contributed by atoms with Crippen LogP contribution in [0.1, 0.15) is 35.4 Å². The Morgan fingerprint density at radius 1 is 1.15 bits per heavy atom.